The second-order valence-electron chi connectivity index (χ2n) is 8.18. The van der Waals surface area contributed by atoms with Crippen LogP contribution in [0.4, 0.5) is 11.4 Å². The Bertz CT molecular complexity index is 1190. The van der Waals surface area contributed by atoms with E-state index in [0.29, 0.717) is 0 Å². The number of rotatable bonds is 5. The van der Waals surface area contributed by atoms with Crippen molar-refractivity contribution in [3.63, 3.8) is 0 Å². The van der Waals surface area contributed by atoms with Crippen molar-refractivity contribution in [3.05, 3.63) is 108 Å². The van der Waals surface area contributed by atoms with Crippen LogP contribution in [0.5, 0.6) is 0 Å². The zero-order valence-electron chi connectivity index (χ0n) is 18.1. The van der Waals surface area contributed by atoms with E-state index in [1.54, 1.807) is 0 Å². The van der Waals surface area contributed by atoms with E-state index < -0.39 is 0 Å². The van der Waals surface area contributed by atoms with E-state index in [4.69, 9.17) is 0 Å². The van der Waals surface area contributed by atoms with Gasteiger partial charge in [-0.05, 0) is 52.7 Å². The van der Waals surface area contributed by atoms with E-state index in [1.807, 2.05) is 35.2 Å². The maximum absolute atomic E-state index is 13.0. The number of hydrogen-bond acceptors (Lipinski definition) is 3. The predicted octanol–water partition coefficient (Wildman–Crippen LogP) is 5.41. The number of nitrogens with zero attached hydrogens (tertiary/aromatic N) is 2. The van der Waals surface area contributed by atoms with Crippen LogP contribution in [0.2, 0.25) is 0 Å². The van der Waals surface area contributed by atoms with Gasteiger partial charge in [0.05, 0.1) is 0 Å². The topological polar surface area (TPSA) is 35.6 Å². The number of hydrogen-bond donors (Lipinski definition) is 1. The molecule has 1 fully saturated rings. The fourth-order valence-electron chi connectivity index (χ4n) is 4.36. The molecule has 1 heterocycles. The van der Waals surface area contributed by atoms with E-state index in [-0.39, 0.29) is 5.91 Å². The minimum Gasteiger partial charge on any atom is -0.381 e. The summed E-state index contributed by atoms with van der Waals surface area (Å²) in [6.45, 7) is 3.96. The molecule has 0 aliphatic carbocycles. The van der Waals surface area contributed by atoms with E-state index in [1.165, 1.54) is 22.0 Å². The molecule has 4 nitrogen and oxygen atoms in total. The summed E-state index contributed by atoms with van der Waals surface area (Å²) in [7, 11) is 0. The molecule has 0 bridgehead atoms. The molecule has 0 aromatic heterocycles. The maximum Gasteiger partial charge on any atom is 0.253 e. The van der Waals surface area contributed by atoms with E-state index >= 15 is 0 Å². The van der Waals surface area contributed by atoms with Crippen LogP contribution in [0.15, 0.2) is 97.1 Å². The molecule has 0 radical (unpaired) electrons. The van der Waals surface area contributed by atoms with Gasteiger partial charge in [-0.15, -0.1) is 0 Å². The Labute approximate surface area is 189 Å². The summed E-state index contributed by atoms with van der Waals surface area (Å²) in [6, 6.07) is 33.1. The monoisotopic (exact) mass is 421 g/mol. The molecule has 0 atom stereocenters. The average molecular weight is 422 g/mol. The number of amides is 1. The molecular weight excluding hydrogens is 394 g/mol. The first-order chi connectivity index (χ1) is 15.8. The summed E-state index contributed by atoms with van der Waals surface area (Å²) < 4.78 is 0. The van der Waals surface area contributed by atoms with E-state index in [9.17, 15) is 4.79 Å². The summed E-state index contributed by atoms with van der Waals surface area (Å²) in [6.07, 6.45) is 0. The van der Waals surface area contributed by atoms with Gasteiger partial charge in [0.25, 0.3) is 5.91 Å². The first kappa shape index (κ1) is 20.1. The van der Waals surface area contributed by atoms with Crippen LogP contribution in [0, 0.1) is 0 Å². The highest BCUT2D eigenvalue weighted by Crippen LogP contribution is 2.21. The molecule has 4 heteroatoms. The molecule has 1 aliphatic heterocycles. The fourth-order valence-corrected chi connectivity index (χ4v) is 4.36. The van der Waals surface area contributed by atoms with Crippen molar-refractivity contribution in [2.75, 3.05) is 36.4 Å². The van der Waals surface area contributed by atoms with Crippen LogP contribution in [-0.4, -0.2) is 37.0 Å². The molecule has 0 spiro atoms. The number of nitrogens with one attached hydrogen (secondary N) is 1. The van der Waals surface area contributed by atoms with Crippen molar-refractivity contribution in [2.24, 2.45) is 0 Å². The molecule has 0 saturated carbocycles. The molecule has 1 amide bonds. The van der Waals surface area contributed by atoms with Crippen molar-refractivity contribution in [2.45, 2.75) is 6.54 Å². The van der Waals surface area contributed by atoms with Crippen molar-refractivity contribution >= 4 is 28.1 Å². The second kappa shape index (κ2) is 9.15. The smallest absolute Gasteiger partial charge is 0.253 e. The highest BCUT2D eigenvalue weighted by Gasteiger charge is 2.22. The van der Waals surface area contributed by atoms with Gasteiger partial charge in [-0.3, -0.25) is 4.79 Å². The molecular formula is C28H27N3O. The molecule has 4 aromatic rings. The number of para-hydroxylation sites is 1. The molecule has 32 heavy (non-hydrogen) atoms. The summed E-state index contributed by atoms with van der Waals surface area (Å²) in [5.74, 6) is 0.110. The quantitative estimate of drug-likeness (QED) is 0.468. The van der Waals surface area contributed by atoms with Gasteiger partial charge in [0.1, 0.15) is 0 Å². The van der Waals surface area contributed by atoms with Crippen molar-refractivity contribution in [1.29, 1.82) is 0 Å². The summed E-state index contributed by atoms with van der Waals surface area (Å²) in [4.78, 5) is 17.3. The summed E-state index contributed by atoms with van der Waals surface area (Å²) in [5, 5.41) is 6.01. The first-order valence-electron chi connectivity index (χ1n) is 11.2. The molecule has 5 rings (SSSR count). The highest BCUT2D eigenvalue weighted by atomic mass is 16.2. The van der Waals surface area contributed by atoms with E-state index in [0.717, 1.165) is 44.0 Å². The Kier molecular flexibility index (Phi) is 5.75. The summed E-state index contributed by atoms with van der Waals surface area (Å²) >= 11 is 0. The summed E-state index contributed by atoms with van der Waals surface area (Å²) in [5.41, 5.74) is 4.25. The standard InChI is InChI=1S/C28H27N3O/c32-28(31-19-17-30(18-20-31)26-10-2-1-3-11-26)23-13-15-25(16-14-23)29-21-24-9-6-8-22-7-4-5-12-27(22)24/h1-16,29H,17-21H2. The number of carbonyl (C=O) groups is 1. The van der Waals surface area contributed by atoms with Gasteiger partial charge in [0, 0.05) is 49.7 Å². The van der Waals surface area contributed by atoms with Gasteiger partial charge in [-0.1, -0.05) is 60.7 Å². The average Bonchev–Trinajstić information content (AvgIpc) is 2.88. The lowest BCUT2D eigenvalue weighted by atomic mass is 10.0. The zero-order valence-corrected chi connectivity index (χ0v) is 18.1. The van der Waals surface area contributed by atoms with Gasteiger partial charge in [0.15, 0.2) is 0 Å². The van der Waals surface area contributed by atoms with Crippen molar-refractivity contribution in [1.82, 2.24) is 4.90 Å². The predicted molar refractivity (Wildman–Crippen MR) is 132 cm³/mol. The van der Waals surface area contributed by atoms with Crippen LogP contribution in [-0.2, 0) is 6.54 Å². The SMILES string of the molecule is O=C(c1ccc(NCc2cccc3ccccc23)cc1)N1CCN(c2ccccc2)CC1. The van der Waals surface area contributed by atoms with E-state index in [2.05, 4.69) is 76.9 Å². The molecule has 1 aliphatic rings. The molecule has 0 unspecified atom stereocenters. The van der Waals surface area contributed by atoms with Gasteiger partial charge < -0.3 is 15.1 Å². The third-order valence-electron chi connectivity index (χ3n) is 6.18. The third kappa shape index (κ3) is 4.30. The van der Waals surface area contributed by atoms with Gasteiger partial charge in [-0.2, -0.15) is 0 Å². The lowest BCUT2D eigenvalue weighted by Gasteiger charge is -2.36. The zero-order chi connectivity index (χ0) is 21.8. The van der Waals surface area contributed by atoms with Crippen LogP contribution in [0.1, 0.15) is 15.9 Å². The number of carbonyl (C=O) groups excluding carboxylic acids is 1. The molecule has 1 N–H and O–H groups in total. The molecule has 4 aromatic carbocycles. The minimum absolute atomic E-state index is 0.110. The Morgan fingerprint density at radius 3 is 2.19 bits per heavy atom. The largest absolute Gasteiger partial charge is 0.381 e. The lowest BCUT2D eigenvalue weighted by molar-refractivity contribution is 0.0747. The maximum atomic E-state index is 13.0. The van der Waals surface area contributed by atoms with Gasteiger partial charge in [-0.25, -0.2) is 0 Å². The minimum atomic E-state index is 0.110. The van der Waals surface area contributed by atoms with Crippen molar-refractivity contribution < 1.29 is 4.79 Å². The lowest BCUT2D eigenvalue weighted by Crippen LogP contribution is -2.48. The first-order valence-corrected chi connectivity index (χ1v) is 11.2. The second-order valence-corrected chi connectivity index (χ2v) is 8.18. The van der Waals surface area contributed by atoms with Crippen molar-refractivity contribution in [3.8, 4) is 0 Å². The Hall–Kier alpha value is -3.79. The number of anilines is 2. The van der Waals surface area contributed by atoms with Crippen LogP contribution in [0.25, 0.3) is 10.8 Å². The number of piperazine rings is 1. The van der Waals surface area contributed by atoms with Gasteiger partial charge >= 0.3 is 0 Å². The van der Waals surface area contributed by atoms with Gasteiger partial charge in [0.2, 0.25) is 0 Å². The normalized spacial score (nSPS) is 13.9. The number of benzene rings is 4. The highest BCUT2D eigenvalue weighted by molar-refractivity contribution is 5.94. The Balaban J connectivity index is 1.19. The molecule has 160 valence electrons. The molecule has 1 saturated heterocycles. The van der Waals surface area contributed by atoms with Crippen LogP contribution < -0.4 is 10.2 Å². The number of fused-ring (bicyclic) bond motifs is 1. The van der Waals surface area contributed by atoms with Crippen LogP contribution >= 0.6 is 0 Å². The van der Waals surface area contributed by atoms with Crippen LogP contribution in [0.3, 0.4) is 0 Å². The fraction of sp³-hybridized carbons (Fsp3) is 0.179. The Morgan fingerprint density at radius 2 is 1.41 bits per heavy atom. The Morgan fingerprint density at radius 1 is 0.719 bits per heavy atom. The third-order valence-corrected chi connectivity index (χ3v) is 6.18.